The fourth-order valence-electron chi connectivity index (χ4n) is 2.66. The van der Waals surface area contributed by atoms with Gasteiger partial charge in [-0.05, 0) is 30.9 Å². The Kier molecular flexibility index (Phi) is 5.12. The molecule has 4 nitrogen and oxygen atoms in total. The van der Waals surface area contributed by atoms with Gasteiger partial charge in [0.05, 0.1) is 6.54 Å². The van der Waals surface area contributed by atoms with Crippen molar-refractivity contribution in [3.05, 3.63) is 47.2 Å². The first-order valence-electron chi connectivity index (χ1n) is 7.56. The Labute approximate surface area is 127 Å². The molecule has 1 atom stereocenters. The second-order valence-corrected chi connectivity index (χ2v) is 6.07. The van der Waals surface area contributed by atoms with Gasteiger partial charge in [0.2, 0.25) is 11.8 Å². The lowest BCUT2D eigenvalue weighted by Crippen LogP contribution is -2.30. The number of aryl methyl sites for hydroxylation is 2. The van der Waals surface area contributed by atoms with Crippen LogP contribution in [-0.2, 0) is 6.54 Å². The van der Waals surface area contributed by atoms with Crippen LogP contribution in [0.4, 0.5) is 0 Å². The second-order valence-electron chi connectivity index (χ2n) is 6.07. The maximum absolute atomic E-state index is 5.55. The molecule has 0 bridgehead atoms. The molecule has 2 aromatic rings. The Morgan fingerprint density at radius 3 is 2.38 bits per heavy atom. The molecule has 0 saturated heterocycles. The molecule has 21 heavy (non-hydrogen) atoms. The third kappa shape index (κ3) is 4.14. The average molecular weight is 287 g/mol. The van der Waals surface area contributed by atoms with E-state index < -0.39 is 0 Å². The molecule has 0 unspecified atom stereocenters. The lowest BCUT2D eigenvalue weighted by atomic mass is 10.0. The summed E-state index contributed by atoms with van der Waals surface area (Å²) in [5, 5.41) is 8.06. The summed E-state index contributed by atoms with van der Waals surface area (Å²) in [6.45, 7) is 12.4. The van der Waals surface area contributed by atoms with Gasteiger partial charge in [0.25, 0.3) is 0 Å². The maximum atomic E-state index is 5.55. The van der Waals surface area contributed by atoms with E-state index in [0.717, 1.165) is 6.54 Å². The van der Waals surface area contributed by atoms with Gasteiger partial charge in [0.15, 0.2) is 0 Å². The Hall–Kier alpha value is -1.68. The van der Waals surface area contributed by atoms with Crippen molar-refractivity contribution in [2.75, 3.05) is 6.54 Å². The first kappa shape index (κ1) is 15.7. The van der Waals surface area contributed by atoms with Crippen molar-refractivity contribution in [2.24, 2.45) is 5.92 Å². The predicted octanol–water partition coefficient (Wildman–Crippen LogP) is 3.91. The maximum Gasteiger partial charge on any atom is 0.230 e. The molecule has 0 spiro atoms. The van der Waals surface area contributed by atoms with Crippen molar-refractivity contribution in [1.29, 1.82) is 0 Å². The third-order valence-corrected chi connectivity index (χ3v) is 3.69. The van der Waals surface area contributed by atoms with E-state index in [1.54, 1.807) is 0 Å². The monoisotopic (exact) mass is 287 g/mol. The van der Waals surface area contributed by atoms with Crippen LogP contribution in [0.3, 0.4) is 0 Å². The Morgan fingerprint density at radius 2 is 1.81 bits per heavy atom. The van der Waals surface area contributed by atoms with Gasteiger partial charge in [-0.1, -0.05) is 38.1 Å². The molecule has 0 N–H and O–H groups in total. The Bertz CT molecular complexity index is 577. The zero-order chi connectivity index (χ0) is 15.4. The van der Waals surface area contributed by atoms with Crippen LogP contribution in [0.1, 0.15) is 49.7 Å². The minimum Gasteiger partial charge on any atom is -0.424 e. The van der Waals surface area contributed by atoms with E-state index in [0.29, 0.717) is 30.3 Å². The molecule has 1 aromatic heterocycles. The second kappa shape index (κ2) is 6.85. The van der Waals surface area contributed by atoms with E-state index in [1.807, 2.05) is 6.92 Å². The summed E-state index contributed by atoms with van der Waals surface area (Å²) in [6.07, 6.45) is 0. The highest BCUT2D eigenvalue weighted by molar-refractivity contribution is 5.28. The molecule has 114 valence electrons. The number of hydrogen-bond acceptors (Lipinski definition) is 4. The summed E-state index contributed by atoms with van der Waals surface area (Å²) in [7, 11) is 0. The van der Waals surface area contributed by atoms with Crippen molar-refractivity contribution in [2.45, 2.75) is 47.2 Å². The standard InChI is InChI=1S/C17H25N3O/c1-12(2)10-20(11-17-19-18-15(5)21-17)14(4)16-9-7-6-8-13(16)3/h6-9,12,14H,10-11H2,1-5H3/t14-/m0/s1. The number of nitrogens with zero attached hydrogens (tertiary/aromatic N) is 3. The number of rotatable bonds is 6. The van der Waals surface area contributed by atoms with Gasteiger partial charge in [0, 0.05) is 19.5 Å². The summed E-state index contributed by atoms with van der Waals surface area (Å²) < 4.78 is 5.55. The third-order valence-electron chi connectivity index (χ3n) is 3.69. The van der Waals surface area contributed by atoms with Gasteiger partial charge < -0.3 is 4.42 Å². The van der Waals surface area contributed by atoms with E-state index in [9.17, 15) is 0 Å². The first-order valence-corrected chi connectivity index (χ1v) is 7.56. The molecule has 0 aliphatic heterocycles. The largest absolute Gasteiger partial charge is 0.424 e. The number of aromatic nitrogens is 2. The zero-order valence-electron chi connectivity index (χ0n) is 13.6. The zero-order valence-corrected chi connectivity index (χ0v) is 13.6. The molecule has 0 saturated carbocycles. The summed E-state index contributed by atoms with van der Waals surface area (Å²) in [4.78, 5) is 2.40. The van der Waals surface area contributed by atoms with Crippen LogP contribution in [0, 0.1) is 19.8 Å². The SMILES string of the molecule is Cc1nnc(CN(CC(C)C)[C@@H](C)c2ccccc2C)o1. The lowest BCUT2D eigenvalue weighted by Gasteiger charge is -2.30. The van der Waals surface area contributed by atoms with Gasteiger partial charge in [-0.15, -0.1) is 10.2 Å². The minimum atomic E-state index is 0.320. The molecular weight excluding hydrogens is 262 g/mol. The summed E-state index contributed by atoms with van der Waals surface area (Å²) in [6, 6.07) is 8.87. The fraction of sp³-hybridized carbons (Fsp3) is 0.529. The summed E-state index contributed by atoms with van der Waals surface area (Å²) in [5.41, 5.74) is 2.68. The van der Waals surface area contributed by atoms with Gasteiger partial charge in [-0.2, -0.15) is 0 Å². The van der Waals surface area contributed by atoms with Crippen LogP contribution >= 0.6 is 0 Å². The first-order chi connectivity index (χ1) is 9.97. The molecule has 0 amide bonds. The van der Waals surface area contributed by atoms with Crippen LogP contribution in [0.2, 0.25) is 0 Å². The highest BCUT2D eigenvalue weighted by Gasteiger charge is 2.20. The van der Waals surface area contributed by atoms with Crippen LogP contribution in [0.5, 0.6) is 0 Å². The molecule has 2 rings (SSSR count). The molecule has 1 heterocycles. The molecule has 1 aromatic carbocycles. The minimum absolute atomic E-state index is 0.320. The van der Waals surface area contributed by atoms with Crippen molar-refractivity contribution < 1.29 is 4.42 Å². The van der Waals surface area contributed by atoms with Gasteiger partial charge in [-0.3, -0.25) is 4.90 Å². The van der Waals surface area contributed by atoms with Crippen molar-refractivity contribution in [3.63, 3.8) is 0 Å². The van der Waals surface area contributed by atoms with E-state index >= 15 is 0 Å². The molecule has 0 fully saturated rings. The topological polar surface area (TPSA) is 42.2 Å². The van der Waals surface area contributed by atoms with Crippen LogP contribution in [0.15, 0.2) is 28.7 Å². The van der Waals surface area contributed by atoms with Crippen LogP contribution < -0.4 is 0 Å². The highest BCUT2D eigenvalue weighted by Crippen LogP contribution is 2.25. The van der Waals surface area contributed by atoms with E-state index in [1.165, 1.54) is 11.1 Å². The molecule has 0 aliphatic rings. The number of hydrogen-bond donors (Lipinski definition) is 0. The molecule has 0 aliphatic carbocycles. The fourth-order valence-corrected chi connectivity index (χ4v) is 2.66. The van der Waals surface area contributed by atoms with E-state index in [4.69, 9.17) is 4.42 Å². The van der Waals surface area contributed by atoms with Crippen molar-refractivity contribution in [1.82, 2.24) is 15.1 Å². The smallest absolute Gasteiger partial charge is 0.230 e. The van der Waals surface area contributed by atoms with Crippen molar-refractivity contribution in [3.8, 4) is 0 Å². The van der Waals surface area contributed by atoms with Crippen LogP contribution in [0.25, 0.3) is 0 Å². The van der Waals surface area contributed by atoms with E-state index in [-0.39, 0.29) is 0 Å². The average Bonchev–Trinajstić information content (AvgIpc) is 2.83. The molecular formula is C17H25N3O. The van der Waals surface area contributed by atoms with E-state index in [2.05, 4.69) is 67.1 Å². The number of benzene rings is 1. The summed E-state index contributed by atoms with van der Waals surface area (Å²) in [5.74, 6) is 1.90. The molecule has 0 radical (unpaired) electrons. The van der Waals surface area contributed by atoms with Gasteiger partial charge >= 0.3 is 0 Å². The normalized spacial score (nSPS) is 13.1. The Morgan fingerprint density at radius 1 is 1.10 bits per heavy atom. The predicted molar refractivity (Wildman–Crippen MR) is 83.9 cm³/mol. The molecule has 4 heteroatoms. The summed E-state index contributed by atoms with van der Waals surface area (Å²) >= 11 is 0. The quantitative estimate of drug-likeness (QED) is 0.808. The van der Waals surface area contributed by atoms with Gasteiger partial charge in [-0.25, -0.2) is 0 Å². The Balaban J connectivity index is 2.20. The van der Waals surface area contributed by atoms with Crippen LogP contribution in [-0.4, -0.2) is 21.6 Å². The van der Waals surface area contributed by atoms with Crippen molar-refractivity contribution >= 4 is 0 Å². The lowest BCUT2D eigenvalue weighted by molar-refractivity contribution is 0.161. The van der Waals surface area contributed by atoms with Gasteiger partial charge in [0.1, 0.15) is 0 Å². The highest BCUT2D eigenvalue weighted by atomic mass is 16.4.